The van der Waals surface area contributed by atoms with E-state index in [4.69, 9.17) is 61.8 Å². The fourth-order valence-electron chi connectivity index (χ4n) is 6.91. The van der Waals surface area contributed by atoms with Gasteiger partial charge in [-0.05, 0) is 97.1 Å². The van der Waals surface area contributed by atoms with Gasteiger partial charge in [0.25, 0.3) is 0 Å². The van der Waals surface area contributed by atoms with Gasteiger partial charge in [-0.2, -0.15) is 0 Å². The predicted molar refractivity (Wildman–Crippen MR) is 258 cm³/mol. The van der Waals surface area contributed by atoms with Gasteiger partial charge in [0.15, 0.2) is 46.1 Å². The van der Waals surface area contributed by atoms with Crippen LogP contribution in [0.2, 0.25) is 10.0 Å². The quantitative estimate of drug-likeness (QED) is 0.0611. The molecule has 2 aromatic heterocycles. The molecule has 2 heterocycles. The smallest absolute Gasteiger partial charge is 0.184 e. The zero-order chi connectivity index (χ0) is 51.1. The van der Waals surface area contributed by atoms with Crippen LogP contribution in [0.25, 0.3) is 22.5 Å². The van der Waals surface area contributed by atoms with Crippen LogP contribution >= 0.6 is 23.2 Å². The van der Waals surface area contributed by atoms with Crippen LogP contribution in [-0.4, -0.2) is 98.2 Å². The number of hydrogen-bond acceptors (Lipinski definition) is 14. The number of ketones is 4. The lowest BCUT2D eigenvalue weighted by atomic mass is 9.94. The molecule has 2 N–H and O–H groups in total. The van der Waals surface area contributed by atoms with E-state index in [1.807, 2.05) is 0 Å². The van der Waals surface area contributed by atoms with Crippen molar-refractivity contribution in [2.75, 3.05) is 54.9 Å². The molecule has 0 radical (unpaired) electrons. The molecule has 0 aliphatic carbocycles. The summed E-state index contributed by atoms with van der Waals surface area (Å²) in [5.74, 6) is -1.34. The van der Waals surface area contributed by atoms with Gasteiger partial charge in [-0.25, -0.2) is 18.7 Å². The van der Waals surface area contributed by atoms with Gasteiger partial charge < -0.3 is 38.6 Å². The molecule has 0 spiro atoms. The molecule has 6 aromatic rings. The van der Waals surface area contributed by atoms with Gasteiger partial charge in [0.1, 0.15) is 59.1 Å². The molecule has 0 amide bonds. The van der Waals surface area contributed by atoms with Crippen molar-refractivity contribution in [2.45, 2.75) is 26.7 Å². The predicted octanol–water partition coefficient (Wildman–Crippen LogP) is 10.0. The molecule has 2 atom stereocenters. The molecule has 0 saturated heterocycles. The van der Waals surface area contributed by atoms with E-state index < -0.39 is 23.5 Å². The van der Waals surface area contributed by atoms with Gasteiger partial charge in [0, 0.05) is 46.9 Å². The number of carbonyl (C=O) groups excluding carboxylic acids is 4. The summed E-state index contributed by atoms with van der Waals surface area (Å²) in [7, 11) is 5.82. The Bertz CT molecular complexity index is 2660. The van der Waals surface area contributed by atoms with Gasteiger partial charge >= 0.3 is 0 Å². The van der Waals surface area contributed by atoms with Crippen molar-refractivity contribution in [3.05, 3.63) is 141 Å². The fraction of sp³-hybridized carbons (Fsp3) is 0.269. The number of nitrogens with zero attached hydrogens (tertiary/aromatic N) is 2. The molecule has 368 valence electrons. The zero-order valence-electron chi connectivity index (χ0n) is 39.0. The first-order chi connectivity index (χ1) is 33.6. The number of hydrogen-bond donors (Lipinski definition) is 2. The topological polar surface area (TPSA) is 190 Å². The first kappa shape index (κ1) is 54.0. The minimum atomic E-state index is -0.663. The van der Waals surface area contributed by atoms with Gasteiger partial charge in [-0.1, -0.05) is 37.0 Å². The second kappa shape index (κ2) is 25.6. The summed E-state index contributed by atoms with van der Waals surface area (Å²) in [6.07, 6.45) is -0.103. The number of benzene rings is 4. The highest BCUT2D eigenvalue weighted by Gasteiger charge is 2.25. The Kier molecular flexibility index (Phi) is 19.7. The summed E-state index contributed by atoms with van der Waals surface area (Å²) in [6, 6.07) is 23.9. The van der Waals surface area contributed by atoms with Crippen LogP contribution in [0, 0.1) is 23.5 Å². The molecule has 0 aliphatic heterocycles. The molecule has 18 heteroatoms. The summed E-state index contributed by atoms with van der Waals surface area (Å²) in [4.78, 5) is 60.8. The lowest BCUT2D eigenvalue weighted by Gasteiger charge is -2.14. The SMILES string of the molecule is COc1cc(C(=O)C[C@@H](C)C(=O)c2ccc(OC)c(-c3ccc(F)c(Cl)c3)n2)ccc1OCCO.COc1cc(C(=O)C[C@H](C)C(=O)c2ccc(OC)c(-c3ccc(F)c(Cl)c3)n2)ccc1OCCO. The average molecular weight is 1000 g/mol. The summed E-state index contributed by atoms with van der Waals surface area (Å²) in [5.41, 5.74) is 2.66. The second-order valence-corrected chi connectivity index (χ2v) is 16.2. The molecule has 0 fully saturated rings. The normalized spacial score (nSPS) is 11.6. The summed E-state index contributed by atoms with van der Waals surface area (Å²) in [5, 5.41) is 17.7. The Hall–Kier alpha value is -6.98. The number of aromatic nitrogens is 2. The van der Waals surface area contributed by atoms with Gasteiger partial charge in [0.2, 0.25) is 0 Å². The molecular weight excluding hydrogens is 953 g/mol. The summed E-state index contributed by atoms with van der Waals surface area (Å²) < 4.78 is 59.2. The number of aliphatic hydroxyl groups excluding tert-OH is 2. The molecule has 4 aromatic carbocycles. The maximum atomic E-state index is 13.6. The number of halogens is 4. The number of aliphatic hydroxyl groups is 2. The molecule has 0 unspecified atom stereocenters. The number of ether oxygens (including phenoxy) is 6. The average Bonchev–Trinajstić information content (AvgIpc) is 3.37. The Labute approximate surface area is 413 Å². The number of methoxy groups -OCH3 is 4. The van der Waals surface area contributed by atoms with Crippen molar-refractivity contribution < 1.29 is 66.6 Å². The lowest BCUT2D eigenvalue weighted by Crippen LogP contribution is -2.17. The molecular formula is C52H50Cl2F2N2O12. The van der Waals surface area contributed by atoms with Crippen molar-refractivity contribution in [1.29, 1.82) is 0 Å². The molecule has 0 saturated carbocycles. The van der Waals surface area contributed by atoms with Crippen molar-refractivity contribution >= 4 is 46.3 Å². The highest BCUT2D eigenvalue weighted by atomic mass is 35.5. The highest BCUT2D eigenvalue weighted by molar-refractivity contribution is 6.31. The number of rotatable bonds is 22. The van der Waals surface area contributed by atoms with E-state index in [0.29, 0.717) is 68.1 Å². The van der Waals surface area contributed by atoms with Crippen molar-refractivity contribution in [3.63, 3.8) is 0 Å². The van der Waals surface area contributed by atoms with Crippen LogP contribution in [0.1, 0.15) is 68.4 Å². The van der Waals surface area contributed by atoms with E-state index in [2.05, 4.69) is 9.97 Å². The zero-order valence-corrected chi connectivity index (χ0v) is 40.5. The monoisotopic (exact) mass is 1000 g/mol. The first-order valence-electron chi connectivity index (χ1n) is 21.6. The fourth-order valence-corrected chi connectivity index (χ4v) is 7.27. The molecule has 70 heavy (non-hydrogen) atoms. The summed E-state index contributed by atoms with van der Waals surface area (Å²) >= 11 is 11.8. The van der Waals surface area contributed by atoms with Crippen LogP contribution in [0.5, 0.6) is 34.5 Å². The van der Waals surface area contributed by atoms with Crippen LogP contribution in [-0.2, 0) is 0 Å². The molecule has 0 bridgehead atoms. The van der Waals surface area contributed by atoms with Gasteiger partial charge in [0.05, 0.1) is 51.7 Å². The van der Waals surface area contributed by atoms with E-state index in [-0.39, 0.29) is 83.8 Å². The highest BCUT2D eigenvalue weighted by Crippen LogP contribution is 2.35. The van der Waals surface area contributed by atoms with Crippen molar-refractivity contribution in [2.24, 2.45) is 11.8 Å². The van der Waals surface area contributed by atoms with E-state index in [1.165, 1.54) is 89.1 Å². The maximum Gasteiger partial charge on any atom is 0.184 e. The Balaban J connectivity index is 0.000000261. The van der Waals surface area contributed by atoms with Crippen LogP contribution in [0.4, 0.5) is 8.78 Å². The van der Waals surface area contributed by atoms with Crippen molar-refractivity contribution in [1.82, 2.24) is 9.97 Å². The van der Waals surface area contributed by atoms with Crippen LogP contribution in [0.3, 0.4) is 0 Å². The maximum absolute atomic E-state index is 13.6. The minimum Gasteiger partial charge on any atom is -0.494 e. The van der Waals surface area contributed by atoms with Gasteiger partial charge in [-0.3, -0.25) is 19.2 Å². The van der Waals surface area contributed by atoms with E-state index in [1.54, 1.807) is 50.2 Å². The summed E-state index contributed by atoms with van der Waals surface area (Å²) in [6.45, 7) is 3.18. The van der Waals surface area contributed by atoms with Gasteiger partial charge in [-0.15, -0.1) is 0 Å². The Morgan fingerprint density at radius 2 is 0.871 bits per heavy atom. The van der Waals surface area contributed by atoms with Crippen LogP contribution in [0.15, 0.2) is 97.1 Å². The third-order valence-corrected chi connectivity index (χ3v) is 11.2. The number of carbonyl (C=O) groups is 4. The number of Topliss-reactive ketones (excluding diaryl/α,β-unsaturated/α-hetero) is 4. The van der Waals surface area contributed by atoms with E-state index in [9.17, 15) is 28.0 Å². The Morgan fingerprint density at radius 3 is 1.20 bits per heavy atom. The lowest BCUT2D eigenvalue weighted by molar-refractivity contribution is 0.0859. The largest absolute Gasteiger partial charge is 0.494 e. The third kappa shape index (κ3) is 13.6. The number of pyridine rings is 2. The molecule has 14 nitrogen and oxygen atoms in total. The Morgan fingerprint density at radius 1 is 0.514 bits per heavy atom. The molecule has 0 aliphatic rings. The third-order valence-electron chi connectivity index (χ3n) is 10.6. The second-order valence-electron chi connectivity index (χ2n) is 15.4. The van der Waals surface area contributed by atoms with Crippen molar-refractivity contribution in [3.8, 4) is 57.0 Å². The molecule has 6 rings (SSSR count). The van der Waals surface area contributed by atoms with Crippen LogP contribution < -0.4 is 28.4 Å². The minimum absolute atomic E-state index is 0.0513. The first-order valence-corrected chi connectivity index (χ1v) is 22.3. The van der Waals surface area contributed by atoms with E-state index >= 15 is 0 Å². The standard InChI is InChI=1S/2C26H25ClFNO6/c2*1-15(12-21(31)16-5-8-22(35-11-10-30)24(14-16)34-3)26(32)20-7-9-23(33-2)25(29-20)17-4-6-19(28)18(27)13-17/h2*4-9,13-15,30H,10-12H2,1-3H3/t2*15-/m10/s1. The van der Waals surface area contributed by atoms with E-state index in [0.717, 1.165) is 0 Å².